The molecule has 0 aliphatic carbocycles. The fourth-order valence-electron chi connectivity index (χ4n) is 3.48. The van der Waals surface area contributed by atoms with Crippen LogP contribution in [-0.4, -0.2) is 16.9 Å². The number of anilines is 2. The second-order valence-electron chi connectivity index (χ2n) is 6.74. The van der Waals surface area contributed by atoms with Gasteiger partial charge in [0.25, 0.3) is 5.91 Å². The lowest BCUT2D eigenvalue weighted by atomic mass is 10.1. The van der Waals surface area contributed by atoms with Crippen LogP contribution in [0, 0.1) is 6.92 Å². The van der Waals surface area contributed by atoms with Crippen molar-refractivity contribution in [2.24, 2.45) is 0 Å². The van der Waals surface area contributed by atoms with Gasteiger partial charge < -0.3 is 14.6 Å². The molecular weight excluding hydrogens is 326 g/mol. The van der Waals surface area contributed by atoms with Gasteiger partial charge in [-0.05, 0) is 55.7 Å². The number of furan rings is 1. The number of nitrogens with one attached hydrogen (secondary N) is 1. The molecule has 4 rings (SSSR count). The molecule has 132 valence electrons. The highest BCUT2D eigenvalue weighted by Crippen LogP contribution is 2.33. The summed E-state index contributed by atoms with van der Waals surface area (Å²) in [5.74, 6) is 1.01. The third-order valence-corrected chi connectivity index (χ3v) is 4.81. The molecule has 1 unspecified atom stereocenters. The van der Waals surface area contributed by atoms with Crippen LogP contribution >= 0.6 is 0 Å². The molecule has 3 aromatic rings. The summed E-state index contributed by atoms with van der Waals surface area (Å²) >= 11 is 0. The Balaban J connectivity index is 1.55. The first-order valence-electron chi connectivity index (χ1n) is 8.77. The molecule has 3 heterocycles. The number of pyridine rings is 1. The van der Waals surface area contributed by atoms with E-state index >= 15 is 0 Å². The normalized spacial score (nSPS) is 15.8. The number of rotatable bonds is 4. The minimum atomic E-state index is -0.202. The van der Waals surface area contributed by atoms with E-state index in [4.69, 9.17) is 4.42 Å². The predicted octanol–water partition coefficient (Wildman–Crippen LogP) is 4.19. The third-order valence-electron chi connectivity index (χ3n) is 4.81. The summed E-state index contributed by atoms with van der Waals surface area (Å²) in [6, 6.07) is 14.2. The average Bonchev–Trinajstić information content (AvgIpc) is 3.20. The summed E-state index contributed by atoms with van der Waals surface area (Å²) < 4.78 is 5.65. The van der Waals surface area contributed by atoms with E-state index in [2.05, 4.69) is 40.3 Å². The zero-order valence-corrected chi connectivity index (χ0v) is 14.9. The fourth-order valence-corrected chi connectivity index (χ4v) is 3.48. The van der Waals surface area contributed by atoms with Crippen molar-refractivity contribution >= 4 is 17.4 Å². The van der Waals surface area contributed by atoms with E-state index in [1.807, 2.05) is 25.1 Å². The van der Waals surface area contributed by atoms with Gasteiger partial charge in [-0.2, -0.15) is 0 Å². The molecule has 0 radical (unpaired) electrons. The number of aryl methyl sites for hydroxylation is 1. The number of fused-ring (bicyclic) bond motifs is 1. The molecule has 0 saturated carbocycles. The maximum absolute atomic E-state index is 12.7. The number of hydrogen-bond donors (Lipinski definition) is 1. The topological polar surface area (TPSA) is 58.4 Å². The van der Waals surface area contributed by atoms with E-state index in [-0.39, 0.29) is 5.91 Å². The average molecular weight is 347 g/mol. The lowest BCUT2D eigenvalue weighted by Crippen LogP contribution is -2.29. The van der Waals surface area contributed by atoms with Crippen LogP contribution in [0.5, 0.6) is 0 Å². The standard InChI is InChI=1S/C21H21N3O2/c1-14-7-9-22-20(11-14)23-21(25)17-8-10-26-19(17)13-24-15(2)12-16-5-3-4-6-18(16)24/h3-11,15H,12-13H2,1-2H3,(H,22,23,25). The Kier molecular flexibility index (Phi) is 4.21. The van der Waals surface area contributed by atoms with Gasteiger partial charge in [-0.25, -0.2) is 4.98 Å². The molecule has 0 bridgehead atoms. The van der Waals surface area contributed by atoms with E-state index in [1.54, 1.807) is 18.5 Å². The number of carbonyl (C=O) groups excluding carboxylic acids is 1. The number of para-hydroxylation sites is 1. The van der Waals surface area contributed by atoms with Crippen LogP contribution in [0.4, 0.5) is 11.5 Å². The second kappa shape index (κ2) is 6.67. The minimum Gasteiger partial charge on any atom is -0.467 e. The summed E-state index contributed by atoms with van der Waals surface area (Å²) in [5, 5.41) is 2.85. The zero-order valence-electron chi connectivity index (χ0n) is 14.9. The van der Waals surface area contributed by atoms with E-state index < -0.39 is 0 Å². The Hall–Kier alpha value is -3.08. The molecule has 0 spiro atoms. The van der Waals surface area contributed by atoms with Gasteiger partial charge in [-0.15, -0.1) is 0 Å². The molecule has 5 nitrogen and oxygen atoms in total. The van der Waals surface area contributed by atoms with Crippen molar-refractivity contribution in [3.05, 3.63) is 77.4 Å². The summed E-state index contributed by atoms with van der Waals surface area (Å²) in [6.45, 7) is 4.72. The molecule has 1 aliphatic heterocycles. The van der Waals surface area contributed by atoms with Crippen molar-refractivity contribution < 1.29 is 9.21 Å². The van der Waals surface area contributed by atoms with Crippen LogP contribution in [0.2, 0.25) is 0 Å². The maximum Gasteiger partial charge on any atom is 0.260 e. The van der Waals surface area contributed by atoms with Gasteiger partial charge in [0.2, 0.25) is 0 Å². The first-order chi connectivity index (χ1) is 12.6. The fraction of sp³-hybridized carbons (Fsp3) is 0.238. The zero-order chi connectivity index (χ0) is 18.1. The highest BCUT2D eigenvalue weighted by atomic mass is 16.3. The lowest BCUT2D eigenvalue weighted by Gasteiger charge is -2.24. The van der Waals surface area contributed by atoms with Gasteiger partial charge >= 0.3 is 0 Å². The molecule has 1 atom stereocenters. The number of nitrogens with zero attached hydrogens (tertiary/aromatic N) is 2. The van der Waals surface area contributed by atoms with E-state index in [1.165, 1.54) is 11.3 Å². The van der Waals surface area contributed by atoms with Crippen LogP contribution in [0.15, 0.2) is 59.3 Å². The van der Waals surface area contributed by atoms with Crippen molar-refractivity contribution in [1.29, 1.82) is 0 Å². The van der Waals surface area contributed by atoms with Gasteiger partial charge in [-0.3, -0.25) is 4.79 Å². The van der Waals surface area contributed by atoms with Crippen LogP contribution in [0.3, 0.4) is 0 Å². The first-order valence-corrected chi connectivity index (χ1v) is 8.77. The van der Waals surface area contributed by atoms with E-state index in [0.717, 1.165) is 12.0 Å². The number of aromatic nitrogens is 1. The van der Waals surface area contributed by atoms with Gasteiger partial charge in [0.05, 0.1) is 18.4 Å². The largest absolute Gasteiger partial charge is 0.467 e. The molecule has 5 heteroatoms. The van der Waals surface area contributed by atoms with Crippen molar-refractivity contribution in [3.8, 4) is 0 Å². The number of carbonyl (C=O) groups is 1. The lowest BCUT2D eigenvalue weighted by molar-refractivity contribution is 0.102. The maximum atomic E-state index is 12.7. The summed E-state index contributed by atoms with van der Waals surface area (Å²) in [7, 11) is 0. The predicted molar refractivity (Wildman–Crippen MR) is 101 cm³/mol. The first kappa shape index (κ1) is 16.4. The van der Waals surface area contributed by atoms with Crippen LogP contribution in [0.25, 0.3) is 0 Å². The smallest absolute Gasteiger partial charge is 0.260 e. The summed E-state index contributed by atoms with van der Waals surface area (Å²) in [5.41, 5.74) is 4.14. The van der Waals surface area contributed by atoms with E-state index in [0.29, 0.717) is 29.7 Å². The van der Waals surface area contributed by atoms with Crippen molar-refractivity contribution in [2.45, 2.75) is 32.9 Å². The Morgan fingerprint density at radius 2 is 2.15 bits per heavy atom. The third kappa shape index (κ3) is 3.08. The van der Waals surface area contributed by atoms with Crippen molar-refractivity contribution in [3.63, 3.8) is 0 Å². The molecule has 0 saturated heterocycles. The summed E-state index contributed by atoms with van der Waals surface area (Å²) in [6.07, 6.45) is 4.26. The highest BCUT2D eigenvalue weighted by molar-refractivity contribution is 6.04. The SMILES string of the molecule is Cc1ccnc(NC(=O)c2ccoc2CN2c3ccccc3CC2C)c1. The molecule has 1 aliphatic rings. The molecule has 2 aromatic heterocycles. The molecule has 1 amide bonds. The van der Waals surface area contributed by atoms with Crippen LogP contribution in [0.1, 0.15) is 34.2 Å². The Morgan fingerprint density at radius 3 is 3.00 bits per heavy atom. The van der Waals surface area contributed by atoms with E-state index in [9.17, 15) is 4.79 Å². The monoisotopic (exact) mass is 347 g/mol. The molecule has 1 aromatic carbocycles. The van der Waals surface area contributed by atoms with Gasteiger partial charge in [0, 0.05) is 17.9 Å². The minimum absolute atomic E-state index is 0.202. The second-order valence-corrected chi connectivity index (χ2v) is 6.74. The van der Waals surface area contributed by atoms with Crippen LogP contribution < -0.4 is 10.2 Å². The number of benzene rings is 1. The van der Waals surface area contributed by atoms with Gasteiger partial charge in [-0.1, -0.05) is 18.2 Å². The van der Waals surface area contributed by atoms with Gasteiger partial charge in [0.15, 0.2) is 0 Å². The molecule has 1 N–H and O–H groups in total. The highest BCUT2D eigenvalue weighted by Gasteiger charge is 2.28. The Bertz CT molecular complexity index is 948. The molecular formula is C21H21N3O2. The van der Waals surface area contributed by atoms with Crippen molar-refractivity contribution in [2.75, 3.05) is 10.2 Å². The van der Waals surface area contributed by atoms with Crippen molar-refractivity contribution in [1.82, 2.24) is 4.98 Å². The number of amides is 1. The quantitative estimate of drug-likeness (QED) is 0.769. The molecule has 26 heavy (non-hydrogen) atoms. The number of hydrogen-bond acceptors (Lipinski definition) is 4. The van der Waals surface area contributed by atoms with Crippen LogP contribution in [-0.2, 0) is 13.0 Å². The van der Waals surface area contributed by atoms with Gasteiger partial charge in [0.1, 0.15) is 11.6 Å². The Morgan fingerprint density at radius 1 is 1.31 bits per heavy atom. The Labute approximate surface area is 152 Å². The summed E-state index contributed by atoms with van der Waals surface area (Å²) in [4.78, 5) is 19.2. The molecule has 0 fully saturated rings.